The third-order valence-corrected chi connectivity index (χ3v) is 3.53. The van der Waals surface area contributed by atoms with Crippen LogP contribution in [0.25, 0.3) is 10.8 Å². The molecule has 0 heterocycles. The molecule has 0 amide bonds. The Kier molecular flexibility index (Phi) is 2.47. The maximum Gasteiger partial charge on any atom is 0.167 e. The van der Waals surface area contributed by atoms with Gasteiger partial charge in [-0.3, -0.25) is 4.79 Å². The van der Waals surface area contributed by atoms with Crippen LogP contribution in [0.3, 0.4) is 0 Å². The van der Waals surface area contributed by atoms with Crippen molar-refractivity contribution in [1.82, 2.24) is 0 Å². The van der Waals surface area contributed by atoms with E-state index in [0.29, 0.717) is 17.7 Å². The van der Waals surface area contributed by atoms with E-state index in [1.165, 1.54) is 5.56 Å². The molecule has 0 spiro atoms. The number of hydrogen-bond acceptors (Lipinski definition) is 3. The fraction of sp³-hybridized carbons (Fsp3) is 0.267. The molecule has 3 nitrogen and oxygen atoms in total. The van der Waals surface area contributed by atoms with Crippen LogP contribution in [0.4, 0.5) is 0 Å². The number of ketones is 1. The largest absolute Gasteiger partial charge is 0.496 e. The molecule has 0 aliphatic heterocycles. The number of ether oxygens (including phenoxy) is 2. The first-order valence-electron chi connectivity index (χ1n) is 5.96. The molecule has 18 heavy (non-hydrogen) atoms. The Morgan fingerprint density at radius 2 is 1.67 bits per heavy atom. The van der Waals surface area contributed by atoms with Crippen molar-refractivity contribution in [2.45, 2.75) is 12.8 Å². The van der Waals surface area contributed by atoms with Crippen molar-refractivity contribution < 1.29 is 14.3 Å². The van der Waals surface area contributed by atoms with Gasteiger partial charge in [0.25, 0.3) is 0 Å². The number of Topliss-reactive ketones (excluding diaryl/α,β-unsaturated/α-hetero) is 1. The van der Waals surface area contributed by atoms with E-state index < -0.39 is 0 Å². The highest BCUT2D eigenvalue weighted by Gasteiger charge is 2.24. The highest BCUT2D eigenvalue weighted by atomic mass is 16.5. The summed E-state index contributed by atoms with van der Waals surface area (Å²) in [5.41, 5.74) is 1.90. The minimum Gasteiger partial charge on any atom is -0.496 e. The van der Waals surface area contributed by atoms with Crippen molar-refractivity contribution in [2.75, 3.05) is 14.2 Å². The van der Waals surface area contributed by atoms with E-state index in [0.717, 1.165) is 22.9 Å². The molecule has 0 saturated heterocycles. The van der Waals surface area contributed by atoms with Crippen LogP contribution in [0, 0.1) is 0 Å². The van der Waals surface area contributed by atoms with Crippen LogP contribution >= 0.6 is 0 Å². The van der Waals surface area contributed by atoms with Crippen molar-refractivity contribution in [3.8, 4) is 11.5 Å². The van der Waals surface area contributed by atoms with Crippen LogP contribution in [0.5, 0.6) is 11.5 Å². The summed E-state index contributed by atoms with van der Waals surface area (Å²) >= 11 is 0. The predicted molar refractivity (Wildman–Crippen MR) is 69.7 cm³/mol. The Morgan fingerprint density at radius 3 is 2.39 bits per heavy atom. The Bertz CT molecular complexity index is 644. The Labute approximate surface area is 105 Å². The molecule has 2 aromatic rings. The summed E-state index contributed by atoms with van der Waals surface area (Å²) in [5.74, 6) is 1.60. The normalized spacial score (nSPS) is 13.8. The number of aryl methyl sites for hydroxylation is 1. The second kappa shape index (κ2) is 4.02. The van der Waals surface area contributed by atoms with E-state index in [9.17, 15) is 4.79 Å². The van der Waals surface area contributed by atoms with E-state index >= 15 is 0 Å². The van der Waals surface area contributed by atoms with Gasteiger partial charge in [0.1, 0.15) is 11.5 Å². The first-order chi connectivity index (χ1) is 8.76. The SMILES string of the molecule is COc1ccc2c(OC)ccc3c2c1C(=O)CC3. The predicted octanol–water partition coefficient (Wildman–Crippen LogP) is 2.99. The van der Waals surface area contributed by atoms with Crippen LogP contribution < -0.4 is 9.47 Å². The van der Waals surface area contributed by atoms with Gasteiger partial charge >= 0.3 is 0 Å². The lowest BCUT2D eigenvalue weighted by atomic mass is 9.87. The second-order valence-electron chi connectivity index (χ2n) is 4.42. The summed E-state index contributed by atoms with van der Waals surface area (Å²) in [6.07, 6.45) is 1.34. The first-order valence-corrected chi connectivity index (χ1v) is 5.96. The first kappa shape index (κ1) is 11.1. The molecule has 0 fully saturated rings. The van der Waals surface area contributed by atoms with Crippen molar-refractivity contribution in [1.29, 1.82) is 0 Å². The smallest absolute Gasteiger partial charge is 0.167 e. The molecular weight excluding hydrogens is 228 g/mol. The van der Waals surface area contributed by atoms with Gasteiger partial charge in [-0.1, -0.05) is 6.07 Å². The number of carbonyl (C=O) groups is 1. The van der Waals surface area contributed by atoms with Gasteiger partial charge in [-0.15, -0.1) is 0 Å². The van der Waals surface area contributed by atoms with Gasteiger partial charge in [-0.25, -0.2) is 0 Å². The summed E-state index contributed by atoms with van der Waals surface area (Å²) in [7, 11) is 3.24. The molecule has 0 saturated carbocycles. The topological polar surface area (TPSA) is 35.5 Å². The fourth-order valence-electron chi connectivity index (χ4n) is 2.68. The number of methoxy groups -OCH3 is 2. The average Bonchev–Trinajstić information content (AvgIpc) is 2.42. The van der Waals surface area contributed by atoms with Gasteiger partial charge < -0.3 is 9.47 Å². The monoisotopic (exact) mass is 242 g/mol. The molecule has 2 aromatic carbocycles. The number of rotatable bonds is 2. The lowest BCUT2D eigenvalue weighted by Crippen LogP contribution is -2.11. The zero-order valence-corrected chi connectivity index (χ0v) is 10.4. The van der Waals surface area contributed by atoms with Crippen molar-refractivity contribution in [3.05, 3.63) is 35.4 Å². The molecule has 0 unspecified atom stereocenters. The molecule has 0 aromatic heterocycles. The molecule has 1 aliphatic rings. The van der Waals surface area contributed by atoms with E-state index in [2.05, 4.69) is 0 Å². The number of hydrogen-bond donors (Lipinski definition) is 0. The maximum atomic E-state index is 12.1. The van der Waals surface area contributed by atoms with E-state index in [4.69, 9.17) is 9.47 Å². The minimum absolute atomic E-state index is 0.151. The van der Waals surface area contributed by atoms with Gasteiger partial charge in [0.05, 0.1) is 19.8 Å². The van der Waals surface area contributed by atoms with Crippen molar-refractivity contribution >= 4 is 16.6 Å². The lowest BCUT2D eigenvalue weighted by Gasteiger charge is -2.20. The third kappa shape index (κ3) is 1.40. The third-order valence-electron chi connectivity index (χ3n) is 3.53. The fourth-order valence-corrected chi connectivity index (χ4v) is 2.68. The molecule has 0 atom stereocenters. The van der Waals surface area contributed by atoms with E-state index in [1.807, 2.05) is 24.3 Å². The van der Waals surface area contributed by atoms with Crippen molar-refractivity contribution in [2.24, 2.45) is 0 Å². The van der Waals surface area contributed by atoms with Crippen LogP contribution in [0.15, 0.2) is 24.3 Å². The molecule has 3 heteroatoms. The van der Waals surface area contributed by atoms with Gasteiger partial charge in [-0.05, 0) is 30.2 Å². The van der Waals surface area contributed by atoms with Crippen LogP contribution in [-0.4, -0.2) is 20.0 Å². The van der Waals surface area contributed by atoms with Gasteiger partial charge in [0.15, 0.2) is 5.78 Å². The van der Waals surface area contributed by atoms with Gasteiger partial charge in [-0.2, -0.15) is 0 Å². The zero-order chi connectivity index (χ0) is 12.7. The van der Waals surface area contributed by atoms with Crippen LogP contribution in [0.2, 0.25) is 0 Å². The molecular formula is C15H14O3. The zero-order valence-electron chi connectivity index (χ0n) is 10.4. The van der Waals surface area contributed by atoms with Crippen LogP contribution in [0.1, 0.15) is 22.3 Å². The molecule has 92 valence electrons. The molecule has 0 radical (unpaired) electrons. The number of benzene rings is 2. The molecule has 3 rings (SSSR count). The summed E-state index contributed by atoms with van der Waals surface area (Å²) in [6.45, 7) is 0. The Balaban J connectivity index is 2.47. The minimum atomic E-state index is 0.151. The van der Waals surface area contributed by atoms with Crippen LogP contribution in [-0.2, 0) is 6.42 Å². The summed E-state index contributed by atoms with van der Waals surface area (Å²) in [6, 6.07) is 7.80. The molecule has 0 bridgehead atoms. The van der Waals surface area contributed by atoms with Crippen molar-refractivity contribution in [3.63, 3.8) is 0 Å². The average molecular weight is 242 g/mol. The van der Waals surface area contributed by atoms with Gasteiger partial charge in [0, 0.05) is 17.2 Å². The van der Waals surface area contributed by atoms with Gasteiger partial charge in [0.2, 0.25) is 0 Å². The maximum absolute atomic E-state index is 12.1. The second-order valence-corrected chi connectivity index (χ2v) is 4.42. The lowest BCUT2D eigenvalue weighted by molar-refractivity contribution is 0.0979. The van der Waals surface area contributed by atoms with E-state index in [-0.39, 0.29) is 5.78 Å². The summed E-state index contributed by atoms with van der Waals surface area (Å²) in [4.78, 5) is 12.1. The molecule has 0 N–H and O–H groups in total. The molecule has 1 aliphatic carbocycles. The summed E-state index contributed by atoms with van der Waals surface area (Å²) in [5, 5.41) is 1.98. The number of carbonyl (C=O) groups excluding carboxylic acids is 1. The Morgan fingerprint density at radius 1 is 0.944 bits per heavy atom. The Hall–Kier alpha value is -2.03. The highest BCUT2D eigenvalue weighted by Crippen LogP contribution is 2.39. The van der Waals surface area contributed by atoms with E-state index in [1.54, 1.807) is 14.2 Å². The highest BCUT2D eigenvalue weighted by molar-refractivity contribution is 6.14. The summed E-state index contributed by atoms with van der Waals surface area (Å²) < 4.78 is 10.7. The quantitative estimate of drug-likeness (QED) is 0.812. The standard InChI is InChI=1S/C15H14O3/c1-17-12-7-4-9-3-6-11(16)15-13(18-2)8-5-10(12)14(9)15/h4-5,7-8H,3,6H2,1-2H3.